The molecule has 0 spiro atoms. The van der Waals surface area contributed by atoms with Crippen molar-refractivity contribution in [2.75, 3.05) is 5.32 Å². The zero-order valence-electron chi connectivity index (χ0n) is 11.5. The summed E-state index contributed by atoms with van der Waals surface area (Å²) in [5, 5.41) is 7.86. The molecule has 0 saturated carbocycles. The Labute approximate surface area is 117 Å². The number of anilines is 1. The van der Waals surface area contributed by atoms with E-state index in [4.69, 9.17) is 11.6 Å². The van der Waals surface area contributed by atoms with Crippen LogP contribution in [0.5, 0.6) is 0 Å². The van der Waals surface area contributed by atoms with Crippen molar-refractivity contribution in [3.8, 4) is 0 Å². The van der Waals surface area contributed by atoms with Crippen molar-refractivity contribution >= 4 is 17.3 Å². The Morgan fingerprint density at radius 2 is 2.05 bits per heavy atom. The number of hydrogen-bond donors (Lipinski definition) is 1. The molecule has 19 heavy (non-hydrogen) atoms. The van der Waals surface area contributed by atoms with Crippen LogP contribution in [0.1, 0.15) is 29.9 Å². The molecule has 0 aliphatic heterocycles. The van der Waals surface area contributed by atoms with Gasteiger partial charge in [0.25, 0.3) is 0 Å². The highest BCUT2D eigenvalue weighted by Crippen LogP contribution is 2.26. The van der Waals surface area contributed by atoms with E-state index in [2.05, 4.69) is 10.4 Å². The first kappa shape index (κ1) is 13.9. The van der Waals surface area contributed by atoms with E-state index >= 15 is 0 Å². The van der Waals surface area contributed by atoms with Gasteiger partial charge in [0, 0.05) is 13.1 Å². The molecule has 2 aromatic rings. The van der Waals surface area contributed by atoms with Gasteiger partial charge in [-0.2, -0.15) is 5.10 Å². The summed E-state index contributed by atoms with van der Waals surface area (Å²) in [6.45, 7) is 5.93. The molecule has 0 radical (unpaired) electrons. The molecule has 0 aliphatic rings. The van der Waals surface area contributed by atoms with E-state index in [0.29, 0.717) is 0 Å². The Balaban J connectivity index is 2.25. The van der Waals surface area contributed by atoms with Crippen molar-refractivity contribution < 1.29 is 4.39 Å². The first-order valence-electron chi connectivity index (χ1n) is 6.12. The number of rotatable bonds is 3. The second-order valence-corrected chi connectivity index (χ2v) is 5.12. The number of aromatic nitrogens is 2. The first-order valence-corrected chi connectivity index (χ1v) is 6.49. The van der Waals surface area contributed by atoms with Gasteiger partial charge in [0.15, 0.2) is 0 Å². The molecule has 0 fully saturated rings. The predicted octanol–water partition coefficient (Wildman–Crippen LogP) is 4.00. The molecule has 0 bridgehead atoms. The summed E-state index contributed by atoms with van der Waals surface area (Å²) in [5.41, 5.74) is 3.83. The lowest BCUT2D eigenvalue weighted by molar-refractivity contribution is 0.624. The number of halogens is 2. The summed E-state index contributed by atoms with van der Waals surface area (Å²) in [6, 6.07) is 4.84. The van der Waals surface area contributed by atoms with Crippen LogP contribution in [-0.2, 0) is 7.05 Å². The van der Waals surface area contributed by atoms with Gasteiger partial charge in [-0.3, -0.25) is 4.68 Å². The third kappa shape index (κ3) is 2.73. The SMILES string of the molecule is Cc1nn(C)c(C)c1NC(C)c1ccc(Cl)c(F)c1. The molecule has 0 saturated heterocycles. The van der Waals surface area contributed by atoms with Gasteiger partial charge < -0.3 is 5.32 Å². The third-order valence-electron chi connectivity index (χ3n) is 3.31. The average Bonchev–Trinajstić information content (AvgIpc) is 2.59. The lowest BCUT2D eigenvalue weighted by Gasteiger charge is -2.16. The molecule has 2 rings (SSSR count). The zero-order valence-corrected chi connectivity index (χ0v) is 12.2. The van der Waals surface area contributed by atoms with E-state index in [9.17, 15) is 4.39 Å². The van der Waals surface area contributed by atoms with Crippen LogP contribution in [0.15, 0.2) is 18.2 Å². The van der Waals surface area contributed by atoms with Crippen LogP contribution >= 0.6 is 11.6 Å². The van der Waals surface area contributed by atoms with Gasteiger partial charge in [0.05, 0.1) is 22.1 Å². The second kappa shape index (κ2) is 5.21. The Morgan fingerprint density at radius 1 is 1.37 bits per heavy atom. The molecule has 1 atom stereocenters. The number of aryl methyl sites for hydroxylation is 2. The topological polar surface area (TPSA) is 29.9 Å². The molecule has 0 amide bonds. The maximum absolute atomic E-state index is 13.5. The summed E-state index contributed by atoms with van der Waals surface area (Å²) >= 11 is 5.69. The van der Waals surface area contributed by atoms with Crippen LogP contribution in [-0.4, -0.2) is 9.78 Å². The molecule has 1 aromatic heterocycles. The highest BCUT2D eigenvalue weighted by atomic mass is 35.5. The molecular weight excluding hydrogens is 265 g/mol. The maximum Gasteiger partial charge on any atom is 0.142 e. The molecular formula is C14H17ClFN3. The molecule has 1 N–H and O–H groups in total. The first-order chi connectivity index (χ1) is 8.90. The highest BCUT2D eigenvalue weighted by molar-refractivity contribution is 6.30. The monoisotopic (exact) mass is 281 g/mol. The van der Waals surface area contributed by atoms with Crippen molar-refractivity contribution in [1.82, 2.24) is 9.78 Å². The molecule has 102 valence electrons. The summed E-state index contributed by atoms with van der Waals surface area (Å²) in [4.78, 5) is 0. The Bertz CT molecular complexity index is 607. The fraction of sp³-hybridized carbons (Fsp3) is 0.357. The minimum Gasteiger partial charge on any atom is -0.376 e. The van der Waals surface area contributed by atoms with E-state index in [0.717, 1.165) is 22.6 Å². The predicted molar refractivity (Wildman–Crippen MR) is 76.1 cm³/mol. The van der Waals surface area contributed by atoms with Crippen molar-refractivity contribution in [2.24, 2.45) is 7.05 Å². The van der Waals surface area contributed by atoms with Gasteiger partial charge in [-0.05, 0) is 38.5 Å². The summed E-state index contributed by atoms with van der Waals surface area (Å²) in [7, 11) is 1.90. The van der Waals surface area contributed by atoms with Gasteiger partial charge in [0.2, 0.25) is 0 Å². The lowest BCUT2D eigenvalue weighted by atomic mass is 10.1. The van der Waals surface area contributed by atoms with E-state index < -0.39 is 5.82 Å². The number of nitrogens with zero attached hydrogens (tertiary/aromatic N) is 2. The van der Waals surface area contributed by atoms with Crippen molar-refractivity contribution in [2.45, 2.75) is 26.8 Å². The summed E-state index contributed by atoms with van der Waals surface area (Å²) in [6.07, 6.45) is 0. The molecule has 1 aromatic carbocycles. The average molecular weight is 282 g/mol. The van der Waals surface area contributed by atoms with Gasteiger partial charge in [-0.15, -0.1) is 0 Å². The van der Waals surface area contributed by atoms with Gasteiger partial charge >= 0.3 is 0 Å². The fourth-order valence-corrected chi connectivity index (χ4v) is 2.18. The molecule has 0 aliphatic carbocycles. The Kier molecular flexibility index (Phi) is 3.80. The number of nitrogens with one attached hydrogen (secondary N) is 1. The zero-order chi connectivity index (χ0) is 14.2. The van der Waals surface area contributed by atoms with E-state index in [1.165, 1.54) is 6.07 Å². The quantitative estimate of drug-likeness (QED) is 0.921. The van der Waals surface area contributed by atoms with Crippen molar-refractivity contribution in [1.29, 1.82) is 0 Å². The summed E-state index contributed by atoms with van der Waals surface area (Å²) in [5.74, 6) is -0.396. The minimum atomic E-state index is -0.396. The second-order valence-electron chi connectivity index (χ2n) is 4.71. The van der Waals surface area contributed by atoms with E-state index in [-0.39, 0.29) is 11.1 Å². The van der Waals surface area contributed by atoms with Crippen LogP contribution < -0.4 is 5.32 Å². The van der Waals surface area contributed by atoms with Crippen molar-refractivity contribution in [3.63, 3.8) is 0 Å². The smallest absolute Gasteiger partial charge is 0.142 e. The Hall–Kier alpha value is -1.55. The normalized spacial score (nSPS) is 12.5. The number of benzene rings is 1. The Morgan fingerprint density at radius 3 is 2.58 bits per heavy atom. The molecule has 5 heteroatoms. The molecule has 1 unspecified atom stereocenters. The maximum atomic E-state index is 13.5. The van der Waals surface area contributed by atoms with Gasteiger partial charge in [-0.25, -0.2) is 4.39 Å². The van der Waals surface area contributed by atoms with E-state index in [1.54, 1.807) is 6.07 Å². The summed E-state index contributed by atoms with van der Waals surface area (Å²) < 4.78 is 15.3. The fourth-order valence-electron chi connectivity index (χ4n) is 2.06. The van der Waals surface area contributed by atoms with Gasteiger partial charge in [0.1, 0.15) is 5.82 Å². The van der Waals surface area contributed by atoms with Crippen molar-refractivity contribution in [3.05, 3.63) is 46.0 Å². The van der Waals surface area contributed by atoms with Crippen LogP contribution in [0.25, 0.3) is 0 Å². The van der Waals surface area contributed by atoms with Crippen LogP contribution in [0.2, 0.25) is 5.02 Å². The van der Waals surface area contributed by atoms with E-state index in [1.807, 2.05) is 38.6 Å². The number of hydrogen-bond acceptors (Lipinski definition) is 2. The van der Waals surface area contributed by atoms with Crippen LogP contribution in [0, 0.1) is 19.7 Å². The van der Waals surface area contributed by atoms with Gasteiger partial charge in [-0.1, -0.05) is 17.7 Å². The van der Waals surface area contributed by atoms with Crippen LogP contribution in [0.3, 0.4) is 0 Å². The standard InChI is InChI=1S/C14H17ClFN3/c1-8(11-5-6-12(15)13(16)7-11)17-14-9(2)18-19(4)10(14)3/h5-8,17H,1-4H3. The molecule has 3 nitrogen and oxygen atoms in total. The molecule has 1 heterocycles. The lowest BCUT2D eigenvalue weighted by Crippen LogP contribution is -2.08. The third-order valence-corrected chi connectivity index (χ3v) is 3.62. The largest absolute Gasteiger partial charge is 0.376 e. The van der Waals surface area contributed by atoms with Crippen LogP contribution in [0.4, 0.5) is 10.1 Å². The highest BCUT2D eigenvalue weighted by Gasteiger charge is 2.14. The minimum absolute atomic E-state index is 0.0200.